The van der Waals surface area contributed by atoms with Gasteiger partial charge in [-0.25, -0.2) is 0 Å². The Morgan fingerprint density at radius 1 is 1.32 bits per heavy atom. The molecule has 1 rings (SSSR count). The van der Waals surface area contributed by atoms with Crippen molar-refractivity contribution in [1.29, 1.82) is 0 Å². The molecule has 126 valence electrons. The number of hydrogen-bond donors (Lipinski definition) is 3. The second kappa shape index (κ2) is 7.90. The molecule has 1 aliphatic rings. The molecular formula is C17H28O5. The van der Waals surface area contributed by atoms with Crippen LogP contribution in [0, 0.1) is 5.92 Å². The van der Waals surface area contributed by atoms with E-state index in [-0.39, 0.29) is 18.4 Å². The number of allylic oxidation sites excluding steroid dienone is 1. The van der Waals surface area contributed by atoms with Crippen LogP contribution < -0.4 is 0 Å². The Morgan fingerprint density at radius 3 is 2.59 bits per heavy atom. The molecule has 0 amide bonds. The summed E-state index contributed by atoms with van der Waals surface area (Å²) in [4.78, 5) is 11.8. The molecular weight excluding hydrogens is 284 g/mol. The van der Waals surface area contributed by atoms with Gasteiger partial charge in [0, 0.05) is 0 Å². The van der Waals surface area contributed by atoms with Crippen molar-refractivity contribution in [3.63, 3.8) is 0 Å². The zero-order valence-corrected chi connectivity index (χ0v) is 13.8. The number of rotatable bonds is 0. The first-order valence-electron chi connectivity index (χ1n) is 7.77. The van der Waals surface area contributed by atoms with Crippen molar-refractivity contribution in [3.05, 3.63) is 23.8 Å². The topological polar surface area (TPSA) is 87.0 Å². The van der Waals surface area contributed by atoms with Crippen LogP contribution in [-0.2, 0) is 9.53 Å². The van der Waals surface area contributed by atoms with Gasteiger partial charge in [0.15, 0.2) is 0 Å². The Morgan fingerprint density at radius 2 is 1.95 bits per heavy atom. The molecule has 0 radical (unpaired) electrons. The van der Waals surface area contributed by atoms with Gasteiger partial charge in [-0.05, 0) is 45.1 Å². The molecule has 22 heavy (non-hydrogen) atoms. The summed E-state index contributed by atoms with van der Waals surface area (Å²) >= 11 is 0. The van der Waals surface area contributed by atoms with Crippen LogP contribution in [0.5, 0.6) is 0 Å². The smallest absolute Gasteiger partial charge is 0.308 e. The Hall–Kier alpha value is -1.17. The minimum absolute atomic E-state index is 0.168. The van der Waals surface area contributed by atoms with Crippen LogP contribution in [0.2, 0.25) is 0 Å². The summed E-state index contributed by atoms with van der Waals surface area (Å²) in [5, 5.41) is 30.3. The number of aliphatic hydroxyl groups is 3. The molecule has 0 saturated heterocycles. The SMILES string of the molecule is C/C1=C\CC[C@H](C)[C@@H](C)OC(=O)CC(O)[C@](C)(O)/C=C/[C@@H]1O. The van der Waals surface area contributed by atoms with Crippen LogP contribution in [0.15, 0.2) is 23.8 Å². The van der Waals surface area contributed by atoms with Crippen molar-refractivity contribution in [1.82, 2.24) is 0 Å². The fourth-order valence-electron chi connectivity index (χ4n) is 2.21. The summed E-state index contributed by atoms with van der Waals surface area (Å²) in [5.41, 5.74) is -0.824. The Balaban J connectivity index is 2.98. The zero-order chi connectivity index (χ0) is 16.9. The van der Waals surface area contributed by atoms with Gasteiger partial charge in [-0.15, -0.1) is 0 Å². The summed E-state index contributed by atoms with van der Waals surface area (Å²) in [6.07, 6.45) is 3.64. The first kappa shape index (κ1) is 18.9. The number of cyclic esters (lactones) is 1. The van der Waals surface area contributed by atoms with E-state index in [2.05, 4.69) is 0 Å². The molecule has 1 unspecified atom stereocenters. The highest BCUT2D eigenvalue weighted by Crippen LogP contribution is 2.21. The normalized spacial score (nSPS) is 42.7. The summed E-state index contributed by atoms with van der Waals surface area (Å²) in [7, 11) is 0. The third-order valence-electron chi connectivity index (χ3n) is 4.32. The molecule has 3 N–H and O–H groups in total. The summed E-state index contributed by atoms with van der Waals surface area (Å²) in [5.74, 6) is -0.369. The van der Waals surface area contributed by atoms with Gasteiger partial charge in [-0.1, -0.05) is 25.2 Å². The van der Waals surface area contributed by atoms with Gasteiger partial charge in [-0.2, -0.15) is 0 Å². The molecule has 0 fully saturated rings. The first-order valence-corrected chi connectivity index (χ1v) is 7.77. The van der Waals surface area contributed by atoms with Gasteiger partial charge in [0.25, 0.3) is 0 Å². The van der Waals surface area contributed by atoms with Crippen LogP contribution in [-0.4, -0.2) is 45.2 Å². The first-order chi connectivity index (χ1) is 10.1. The van der Waals surface area contributed by atoms with E-state index in [1.54, 1.807) is 0 Å². The molecule has 0 aromatic heterocycles. The largest absolute Gasteiger partial charge is 0.462 e. The molecule has 0 aromatic carbocycles. The molecule has 0 aromatic rings. The monoisotopic (exact) mass is 312 g/mol. The van der Waals surface area contributed by atoms with E-state index in [1.807, 2.05) is 26.8 Å². The zero-order valence-electron chi connectivity index (χ0n) is 13.8. The average molecular weight is 312 g/mol. The highest BCUT2D eigenvalue weighted by molar-refractivity contribution is 5.70. The van der Waals surface area contributed by atoms with E-state index in [0.29, 0.717) is 0 Å². The van der Waals surface area contributed by atoms with Crippen molar-refractivity contribution in [2.24, 2.45) is 5.92 Å². The lowest BCUT2D eigenvalue weighted by atomic mass is 9.93. The van der Waals surface area contributed by atoms with E-state index in [1.165, 1.54) is 19.1 Å². The van der Waals surface area contributed by atoms with E-state index in [0.717, 1.165) is 18.4 Å². The maximum absolute atomic E-state index is 11.8. The highest BCUT2D eigenvalue weighted by atomic mass is 16.5. The lowest BCUT2D eigenvalue weighted by molar-refractivity contribution is -0.156. The molecule has 5 atom stereocenters. The minimum Gasteiger partial charge on any atom is -0.462 e. The number of hydrogen-bond acceptors (Lipinski definition) is 5. The second-order valence-electron chi connectivity index (χ2n) is 6.45. The van der Waals surface area contributed by atoms with Gasteiger partial charge in [0.1, 0.15) is 11.7 Å². The molecule has 1 heterocycles. The van der Waals surface area contributed by atoms with Crippen LogP contribution in [0.3, 0.4) is 0 Å². The standard InChI is InChI=1S/C17H28O5/c1-11-6-5-7-12(2)14(18)8-9-17(4,21)15(19)10-16(20)22-13(11)3/h7-9,11,13-15,18-19,21H,5-6,10H2,1-4H3/b9-8+,12-7+/t11-,13+,14-,15?,17+/m0/s1. The quantitative estimate of drug-likeness (QED) is 0.468. The Bertz CT molecular complexity index is 438. The number of esters is 1. The van der Waals surface area contributed by atoms with Crippen molar-refractivity contribution in [2.45, 2.75) is 70.9 Å². The van der Waals surface area contributed by atoms with E-state index >= 15 is 0 Å². The van der Waals surface area contributed by atoms with Crippen molar-refractivity contribution < 1.29 is 24.9 Å². The Kier molecular flexibility index (Phi) is 6.78. The average Bonchev–Trinajstić information content (AvgIpc) is 2.43. The predicted molar refractivity (Wildman–Crippen MR) is 84.1 cm³/mol. The third-order valence-corrected chi connectivity index (χ3v) is 4.32. The maximum Gasteiger partial charge on any atom is 0.308 e. The van der Waals surface area contributed by atoms with Gasteiger partial charge in [0.05, 0.1) is 18.6 Å². The van der Waals surface area contributed by atoms with Crippen molar-refractivity contribution in [3.8, 4) is 0 Å². The van der Waals surface area contributed by atoms with Gasteiger partial charge in [0.2, 0.25) is 0 Å². The number of carbonyl (C=O) groups is 1. The lowest BCUT2D eigenvalue weighted by Gasteiger charge is -2.27. The molecule has 0 aliphatic carbocycles. The number of ether oxygens (including phenoxy) is 1. The molecule has 0 bridgehead atoms. The Labute approximate surface area is 132 Å². The minimum atomic E-state index is -1.61. The second-order valence-corrected chi connectivity index (χ2v) is 6.45. The molecule has 0 saturated carbocycles. The fourth-order valence-corrected chi connectivity index (χ4v) is 2.21. The predicted octanol–water partition coefficient (Wildman–Crippen LogP) is 1.71. The van der Waals surface area contributed by atoms with E-state index in [9.17, 15) is 20.1 Å². The fraction of sp³-hybridized carbons (Fsp3) is 0.706. The van der Waals surface area contributed by atoms with Crippen LogP contribution in [0.4, 0.5) is 0 Å². The van der Waals surface area contributed by atoms with Crippen LogP contribution in [0.1, 0.15) is 47.0 Å². The third kappa shape index (κ3) is 5.55. The van der Waals surface area contributed by atoms with Gasteiger partial charge in [-0.3, -0.25) is 4.79 Å². The lowest BCUT2D eigenvalue weighted by Crippen LogP contribution is -2.40. The maximum atomic E-state index is 11.8. The van der Waals surface area contributed by atoms with Crippen LogP contribution in [0.25, 0.3) is 0 Å². The summed E-state index contributed by atoms with van der Waals surface area (Å²) < 4.78 is 5.31. The summed E-state index contributed by atoms with van der Waals surface area (Å²) in [6.45, 7) is 7.03. The number of aliphatic hydroxyl groups excluding tert-OH is 2. The van der Waals surface area contributed by atoms with Gasteiger partial charge < -0.3 is 20.1 Å². The van der Waals surface area contributed by atoms with Crippen LogP contribution >= 0.6 is 0 Å². The number of carbonyl (C=O) groups excluding carboxylic acids is 1. The van der Waals surface area contributed by atoms with Crippen molar-refractivity contribution >= 4 is 5.97 Å². The molecule has 5 nitrogen and oxygen atoms in total. The van der Waals surface area contributed by atoms with Gasteiger partial charge >= 0.3 is 5.97 Å². The summed E-state index contributed by atoms with van der Waals surface area (Å²) in [6, 6.07) is 0. The molecule has 0 spiro atoms. The van der Waals surface area contributed by atoms with E-state index in [4.69, 9.17) is 4.74 Å². The molecule has 5 heteroatoms. The highest BCUT2D eigenvalue weighted by Gasteiger charge is 2.31. The van der Waals surface area contributed by atoms with Crippen molar-refractivity contribution in [2.75, 3.05) is 0 Å². The molecule has 1 aliphatic heterocycles. The van der Waals surface area contributed by atoms with E-state index < -0.39 is 23.8 Å².